The van der Waals surface area contributed by atoms with Crippen molar-refractivity contribution in [3.63, 3.8) is 0 Å². The number of amides is 1. The van der Waals surface area contributed by atoms with E-state index in [1.165, 1.54) is 6.20 Å². The summed E-state index contributed by atoms with van der Waals surface area (Å²) in [6.07, 6.45) is 3.23. The van der Waals surface area contributed by atoms with Gasteiger partial charge in [-0.2, -0.15) is 5.26 Å². The van der Waals surface area contributed by atoms with Gasteiger partial charge in [-0.1, -0.05) is 35.7 Å². The van der Waals surface area contributed by atoms with Crippen molar-refractivity contribution in [2.45, 2.75) is 25.7 Å². The van der Waals surface area contributed by atoms with E-state index in [2.05, 4.69) is 10.6 Å². The number of nitrogens with zero attached hydrogens (tertiary/aromatic N) is 1. The Balaban J connectivity index is 2.49. The number of anilines is 1. The standard InChI is InChI=1S/C16H17Cl2N3O3/c17-12-5-4-6-13(18)15(12)21-10-11(9-19)16(24)20-8-3-1-2-7-14(22)23/h4-6,10,21H,1-3,7-8H2,(H,20,24)(H,22,23)/b11-10-. The third-order valence-electron chi connectivity index (χ3n) is 3.04. The number of rotatable bonds is 9. The number of carboxylic acid groups (broad SMARTS) is 1. The molecule has 1 rings (SSSR count). The predicted molar refractivity (Wildman–Crippen MR) is 92.9 cm³/mol. The van der Waals surface area contributed by atoms with Gasteiger partial charge in [0.15, 0.2) is 0 Å². The Kier molecular flexibility index (Phi) is 8.69. The summed E-state index contributed by atoms with van der Waals surface area (Å²) in [6.45, 7) is 0.365. The number of hydrogen-bond donors (Lipinski definition) is 3. The van der Waals surface area contributed by atoms with Gasteiger partial charge in [0.25, 0.3) is 5.91 Å². The number of carbonyl (C=O) groups excluding carboxylic acids is 1. The second-order valence-corrected chi connectivity index (χ2v) is 5.69. The second-order valence-electron chi connectivity index (χ2n) is 4.87. The Bertz CT molecular complexity index is 649. The molecule has 0 heterocycles. The van der Waals surface area contributed by atoms with Gasteiger partial charge < -0.3 is 15.7 Å². The van der Waals surface area contributed by atoms with Crippen molar-refractivity contribution in [3.8, 4) is 6.07 Å². The Morgan fingerprint density at radius 2 is 1.88 bits per heavy atom. The number of para-hydroxylation sites is 1. The summed E-state index contributed by atoms with van der Waals surface area (Å²) < 4.78 is 0. The Labute approximate surface area is 150 Å². The minimum absolute atomic E-state index is 0.111. The molecule has 8 heteroatoms. The normalized spacial score (nSPS) is 10.8. The fraction of sp³-hybridized carbons (Fsp3) is 0.312. The van der Waals surface area contributed by atoms with Crippen LogP contribution in [0.2, 0.25) is 10.0 Å². The van der Waals surface area contributed by atoms with E-state index in [1.807, 2.05) is 0 Å². The van der Waals surface area contributed by atoms with Gasteiger partial charge in [-0.15, -0.1) is 0 Å². The first kappa shape index (κ1) is 19.8. The van der Waals surface area contributed by atoms with Gasteiger partial charge in [0.05, 0.1) is 15.7 Å². The van der Waals surface area contributed by atoms with E-state index in [4.69, 9.17) is 33.6 Å². The molecule has 0 atom stereocenters. The number of unbranched alkanes of at least 4 members (excludes halogenated alkanes) is 2. The highest BCUT2D eigenvalue weighted by atomic mass is 35.5. The summed E-state index contributed by atoms with van der Waals surface area (Å²) in [4.78, 5) is 22.3. The molecule has 24 heavy (non-hydrogen) atoms. The molecule has 0 aliphatic carbocycles. The molecular formula is C16H17Cl2N3O3. The maximum Gasteiger partial charge on any atom is 0.303 e. The van der Waals surface area contributed by atoms with E-state index in [-0.39, 0.29) is 12.0 Å². The number of carboxylic acids is 1. The van der Waals surface area contributed by atoms with Crippen molar-refractivity contribution < 1.29 is 14.7 Å². The van der Waals surface area contributed by atoms with E-state index in [0.717, 1.165) is 0 Å². The summed E-state index contributed by atoms with van der Waals surface area (Å²) in [6, 6.07) is 6.75. The first-order valence-electron chi connectivity index (χ1n) is 7.26. The summed E-state index contributed by atoms with van der Waals surface area (Å²) in [7, 11) is 0. The van der Waals surface area contributed by atoms with E-state index >= 15 is 0 Å². The van der Waals surface area contributed by atoms with E-state index in [0.29, 0.717) is 41.5 Å². The fourth-order valence-electron chi connectivity index (χ4n) is 1.80. The maximum atomic E-state index is 11.9. The minimum atomic E-state index is -0.835. The number of aliphatic carboxylic acids is 1. The molecule has 1 amide bonds. The first-order chi connectivity index (χ1) is 11.5. The van der Waals surface area contributed by atoms with Crippen molar-refractivity contribution in [1.29, 1.82) is 5.26 Å². The van der Waals surface area contributed by atoms with Crippen molar-refractivity contribution in [1.82, 2.24) is 5.32 Å². The molecule has 0 aromatic heterocycles. The molecule has 0 bridgehead atoms. The zero-order valence-electron chi connectivity index (χ0n) is 12.8. The lowest BCUT2D eigenvalue weighted by Gasteiger charge is -2.07. The highest BCUT2D eigenvalue weighted by Gasteiger charge is 2.09. The molecule has 3 N–H and O–H groups in total. The molecule has 0 aliphatic heterocycles. The maximum absolute atomic E-state index is 11.9. The third kappa shape index (κ3) is 6.90. The van der Waals surface area contributed by atoms with Crippen molar-refractivity contribution in [3.05, 3.63) is 40.0 Å². The summed E-state index contributed by atoms with van der Waals surface area (Å²) in [5.74, 6) is -1.36. The van der Waals surface area contributed by atoms with Gasteiger partial charge in [0.1, 0.15) is 11.6 Å². The summed E-state index contributed by atoms with van der Waals surface area (Å²) in [5.41, 5.74) is 0.298. The number of carbonyl (C=O) groups is 2. The Hall–Kier alpha value is -2.23. The van der Waals surface area contributed by atoms with Gasteiger partial charge in [0, 0.05) is 19.2 Å². The van der Waals surface area contributed by atoms with E-state index in [1.54, 1.807) is 24.3 Å². The minimum Gasteiger partial charge on any atom is -0.481 e. The lowest BCUT2D eigenvalue weighted by molar-refractivity contribution is -0.137. The third-order valence-corrected chi connectivity index (χ3v) is 3.67. The summed E-state index contributed by atoms with van der Waals surface area (Å²) in [5, 5.41) is 23.7. The van der Waals surface area contributed by atoms with Gasteiger partial charge >= 0.3 is 5.97 Å². The number of halogens is 2. The van der Waals surface area contributed by atoms with Crippen LogP contribution in [-0.2, 0) is 9.59 Å². The van der Waals surface area contributed by atoms with Crippen LogP contribution in [-0.4, -0.2) is 23.5 Å². The quantitative estimate of drug-likeness (QED) is 0.350. The second kappa shape index (κ2) is 10.5. The van der Waals surface area contributed by atoms with E-state index in [9.17, 15) is 9.59 Å². The summed E-state index contributed by atoms with van der Waals surface area (Å²) >= 11 is 12.0. The molecule has 6 nitrogen and oxygen atoms in total. The molecule has 0 radical (unpaired) electrons. The number of nitriles is 1. The van der Waals surface area contributed by atoms with Crippen LogP contribution in [0.25, 0.3) is 0 Å². The van der Waals surface area contributed by atoms with Crippen LogP contribution < -0.4 is 10.6 Å². The van der Waals surface area contributed by atoms with Crippen LogP contribution in [0.4, 0.5) is 5.69 Å². The van der Waals surface area contributed by atoms with Crippen LogP contribution in [0.1, 0.15) is 25.7 Å². The van der Waals surface area contributed by atoms with Gasteiger partial charge in [-0.05, 0) is 25.0 Å². The fourth-order valence-corrected chi connectivity index (χ4v) is 2.31. The van der Waals surface area contributed by atoms with Crippen LogP contribution >= 0.6 is 23.2 Å². The highest BCUT2D eigenvalue weighted by Crippen LogP contribution is 2.29. The SMILES string of the molecule is N#C/C(=C/Nc1c(Cl)cccc1Cl)C(=O)NCCCCCC(=O)O. The molecule has 0 saturated heterocycles. The number of nitrogens with one attached hydrogen (secondary N) is 2. The number of hydrogen-bond acceptors (Lipinski definition) is 4. The molecular weight excluding hydrogens is 353 g/mol. The van der Waals surface area contributed by atoms with Gasteiger partial charge in [-0.3, -0.25) is 9.59 Å². The van der Waals surface area contributed by atoms with Crippen molar-refractivity contribution in [2.75, 3.05) is 11.9 Å². The average molecular weight is 370 g/mol. The first-order valence-corrected chi connectivity index (χ1v) is 8.02. The zero-order chi connectivity index (χ0) is 17.9. The zero-order valence-corrected chi connectivity index (χ0v) is 14.3. The Morgan fingerprint density at radius 1 is 1.21 bits per heavy atom. The molecule has 1 aromatic rings. The lowest BCUT2D eigenvalue weighted by Crippen LogP contribution is -2.26. The van der Waals surface area contributed by atoms with Crippen LogP contribution in [0.5, 0.6) is 0 Å². The monoisotopic (exact) mass is 369 g/mol. The molecule has 0 fully saturated rings. The van der Waals surface area contributed by atoms with Crippen molar-refractivity contribution >= 4 is 40.8 Å². The molecule has 128 valence electrons. The predicted octanol–water partition coefficient (Wildman–Crippen LogP) is 3.57. The van der Waals surface area contributed by atoms with Crippen LogP contribution in [0.15, 0.2) is 30.0 Å². The van der Waals surface area contributed by atoms with Gasteiger partial charge in [0.2, 0.25) is 0 Å². The average Bonchev–Trinajstić information content (AvgIpc) is 2.53. The molecule has 0 spiro atoms. The molecule has 0 aliphatic rings. The molecule has 0 unspecified atom stereocenters. The number of benzene rings is 1. The molecule has 0 saturated carbocycles. The van der Waals surface area contributed by atoms with Crippen LogP contribution in [0.3, 0.4) is 0 Å². The largest absolute Gasteiger partial charge is 0.481 e. The van der Waals surface area contributed by atoms with Crippen LogP contribution in [0, 0.1) is 11.3 Å². The molecule has 1 aromatic carbocycles. The topological polar surface area (TPSA) is 102 Å². The van der Waals surface area contributed by atoms with Gasteiger partial charge in [-0.25, -0.2) is 0 Å². The van der Waals surface area contributed by atoms with E-state index < -0.39 is 11.9 Å². The Morgan fingerprint density at radius 3 is 2.46 bits per heavy atom. The lowest BCUT2D eigenvalue weighted by atomic mass is 10.2. The van der Waals surface area contributed by atoms with Crippen molar-refractivity contribution in [2.24, 2.45) is 0 Å². The highest BCUT2D eigenvalue weighted by molar-refractivity contribution is 6.39. The smallest absolute Gasteiger partial charge is 0.303 e.